The first-order valence-electron chi connectivity index (χ1n) is 4.13. The number of amides is 2. The lowest BCUT2D eigenvalue weighted by Crippen LogP contribution is -2.28. The van der Waals surface area contributed by atoms with E-state index in [1.807, 2.05) is 6.92 Å². The Balaban J connectivity index is 2.75. The highest BCUT2D eigenvalue weighted by Crippen LogP contribution is 2.25. The first-order chi connectivity index (χ1) is 6.63. The van der Waals surface area contributed by atoms with E-state index in [1.165, 1.54) is 0 Å². The number of carbonyl (C=O) groups excluding carboxylic acids is 1. The summed E-state index contributed by atoms with van der Waals surface area (Å²) in [6, 6.07) is 4.59. The number of hydrogen-bond donors (Lipinski definition) is 2. The summed E-state index contributed by atoms with van der Waals surface area (Å²) in [7, 11) is 0. The molecule has 0 aliphatic carbocycles. The van der Waals surface area contributed by atoms with Gasteiger partial charge >= 0.3 is 6.03 Å². The van der Waals surface area contributed by atoms with E-state index < -0.39 is 0 Å². The van der Waals surface area contributed by atoms with Gasteiger partial charge in [0.25, 0.3) is 0 Å². The zero-order chi connectivity index (χ0) is 10.6. The van der Waals surface area contributed by atoms with E-state index >= 15 is 0 Å². The van der Waals surface area contributed by atoms with Crippen LogP contribution in [0.15, 0.2) is 18.2 Å². The van der Waals surface area contributed by atoms with Gasteiger partial charge in [0.15, 0.2) is 0 Å². The molecule has 0 fully saturated rings. The van der Waals surface area contributed by atoms with Crippen LogP contribution in [-0.2, 0) is 0 Å². The van der Waals surface area contributed by atoms with E-state index in [9.17, 15) is 4.79 Å². The molecule has 0 heterocycles. The fourth-order valence-corrected chi connectivity index (χ4v) is 1.26. The molecule has 2 amide bonds. The first kappa shape index (κ1) is 11.1. The van der Waals surface area contributed by atoms with E-state index in [4.69, 9.17) is 23.2 Å². The zero-order valence-corrected chi connectivity index (χ0v) is 9.12. The highest BCUT2D eigenvalue weighted by atomic mass is 35.5. The Labute approximate surface area is 92.4 Å². The minimum atomic E-state index is -0.295. The molecule has 3 nitrogen and oxygen atoms in total. The van der Waals surface area contributed by atoms with Gasteiger partial charge in [-0.2, -0.15) is 0 Å². The third-order valence-electron chi connectivity index (χ3n) is 1.51. The highest BCUT2D eigenvalue weighted by Gasteiger charge is 2.04. The van der Waals surface area contributed by atoms with Gasteiger partial charge in [-0.25, -0.2) is 4.79 Å². The normalized spacial score (nSPS) is 9.64. The highest BCUT2D eigenvalue weighted by molar-refractivity contribution is 6.35. The van der Waals surface area contributed by atoms with Crippen molar-refractivity contribution >= 4 is 34.9 Å². The molecule has 0 unspecified atom stereocenters. The molecular weight excluding hydrogens is 223 g/mol. The molecule has 0 aliphatic heterocycles. The van der Waals surface area contributed by atoms with Crippen molar-refractivity contribution in [2.75, 3.05) is 11.9 Å². The molecule has 2 N–H and O–H groups in total. The molecule has 0 atom stereocenters. The molecule has 5 heteroatoms. The van der Waals surface area contributed by atoms with Crippen molar-refractivity contribution in [1.82, 2.24) is 5.32 Å². The van der Waals surface area contributed by atoms with Crippen molar-refractivity contribution in [3.63, 3.8) is 0 Å². The Morgan fingerprint density at radius 3 is 2.79 bits per heavy atom. The van der Waals surface area contributed by atoms with Crippen molar-refractivity contribution in [2.45, 2.75) is 6.92 Å². The van der Waals surface area contributed by atoms with Gasteiger partial charge in [-0.1, -0.05) is 23.2 Å². The quantitative estimate of drug-likeness (QED) is 0.809. The summed E-state index contributed by atoms with van der Waals surface area (Å²) in [5, 5.41) is 6.16. The smallest absolute Gasteiger partial charge is 0.319 e. The van der Waals surface area contributed by atoms with Crippen molar-refractivity contribution in [3.8, 4) is 0 Å². The van der Waals surface area contributed by atoms with Crippen LogP contribution >= 0.6 is 23.2 Å². The molecule has 0 radical (unpaired) electrons. The molecule has 14 heavy (non-hydrogen) atoms. The average Bonchev–Trinajstić information content (AvgIpc) is 2.12. The van der Waals surface area contributed by atoms with Crippen molar-refractivity contribution in [2.24, 2.45) is 0 Å². The third kappa shape index (κ3) is 3.09. The molecule has 1 aromatic rings. The summed E-state index contributed by atoms with van der Waals surface area (Å²) in [6.07, 6.45) is 0. The Morgan fingerprint density at radius 2 is 2.14 bits per heavy atom. The monoisotopic (exact) mass is 232 g/mol. The number of hydrogen-bond acceptors (Lipinski definition) is 1. The fraction of sp³-hybridized carbons (Fsp3) is 0.222. The maximum atomic E-state index is 11.2. The van der Waals surface area contributed by atoms with E-state index in [-0.39, 0.29) is 6.03 Å². The molecule has 76 valence electrons. The van der Waals surface area contributed by atoms with E-state index in [0.29, 0.717) is 22.3 Å². The summed E-state index contributed by atoms with van der Waals surface area (Å²) in [4.78, 5) is 11.2. The lowest BCUT2D eigenvalue weighted by Gasteiger charge is -2.07. The van der Waals surface area contributed by atoms with Gasteiger partial charge < -0.3 is 10.6 Å². The lowest BCUT2D eigenvalue weighted by atomic mass is 10.3. The van der Waals surface area contributed by atoms with Crippen LogP contribution in [0.3, 0.4) is 0 Å². The van der Waals surface area contributed by atoms with Gasteiger partial charge in [-0.15, -0.1) is 0 Å². The predicted octanol–water partition coefficient (Wildman–Crippen LogP) is 3.13. The topological polar surface area (TPSA) is 41.1 Å². The van der Waals surface area contributed by atoms with Crippen molar-refractivity contribution in [1.29, 1.82) is 0 Å². The number of halogens is 2. The molecular formula is C9H10Cl2N2O. The van der Waals surface area contributed by atoms with Gasteiger partial charge in [0.05, 0.1) is 10.7 Å². The van der Waals surface area contributed by atoms with Crippen LogP contribution in [-0.4, -0.2) is 12.6 Å². The molecule has 0 aromatic heterocycles. The lowest BCUT2D eigenvalue weighted by molar-refractivity contribution is 0.252. The summed E-state index contributed by atoms with van der Waals surface area (Å²) in [5.74, 6) is 0. The largest absolute Gasteiger partial charge is 0.338 e. The molecule has 0 bridgehead atoms. The molecule has 0 spiro atoms. The molecule has 1 rings (SSSR count). The van der Waals surface area contributed by atoms with Gasteiger partial charge in [0, 0.05) is 11.6 Å². The molecule has 0 saturated carbocycles. The number of carbonyl (C=O) groups is 1. The number of anilines is 1. The van der Waals surface area contributed by atoms with Crippen LogP contribution in [0.1, 0.15) is 6.92 Å². The SMILES string of the molecule is CCNC(=O)Nc1cc(Cl)ccc1Cl. The third-order valence-corrected chi connectivity index (χ3v) is 2.08. The minimum Gasteiger partial charge on any atom is -0.338 e. The molecule has 0 saturated heterocycles. The summed E-state index contributed by atoms with van der Waals surface area (Å²) in [5.41, 5.74) is 0.505. The van der Waals surface area contributed by atoms with Crippen LogP contribution in [0.25, 0.3) is 0 Å². The molecule has 0 aliphatic rings. The number of rotatable bonds is 2. The Morgan fingerprint density at radius 1 is 1.43 bits per heavy atom. The van der Waals surface area contributed by atoms with Crippen LogP contribution < -0.4 is 10.6 Å². The summed E-state index contributed by atoms with van der Waals surface area (Å²) >= 11 is 11.6. The van der Waals surface area contributed by atoms with Gasteiger partial charge in [0.1, 0.15) is 0 Å². The van der Waals surface area contributed by atoms with E-state index in [1.54, 1.807) is 18.2 Å². The van der Waals surface area contributed by atoms with Crippen LogP contribution in [0.5, 0.6) is 0 Å². The van der Waals surface area contributed by atoms with Gasteiger partial charge in [0.2, 0.25) is 0 Å². The Bertz CT molecular complexity index is 342. The standard InChI is InChI=1S/C9H10Cl2N2O/c1-2-12-9(14)13-8-5-6(10)3-4-7(8)11/h3-5H,2H2,1H3,(H2,12,13,14). The fourth-order valence-electron chi connectivity index (χ4n) is 0.920. The minimum absolute atomic E-state index is 0.295. The summed E-state index contributed by atoms with van der Waals surface area (Å²) in [6.45, 7) is 2.39. The summed E-state index contributed by atoms with van der Waals surface area (Å²) < 4.78 is 0. The second-order valence-electron chi connectivity index (χ2n) is 2.61. The van der Waals surface area contributed by atoms with Gasteiger partial charge in [-0.3, -0.25) is 0 Å². The van der Waals surface area contributed by atoms with Gasteiger partial charge in [-0.05, 0) is 25.1 Å². The van der Waals surface area contributed by atoms with Crippen LogP contribution in [0.2, 0.25) is 10.0 Å². The second kappa shape index (κ2) is 5.08. The number of urea groups is 1. The Hall–Kier alpha value is -0.930. The van der Waals surface area contributed by atoms with Crippen LogP contribution in [0, 0.1) is 0 Å². The first-order valence-corrected chi connectivity index (χ1v) is 4.89. The van der Waals surface area contributed by atoms with E-state index in [2.05, 4.69) is 10.6 Å². The maximum Gasteiger partial charge on any atom is 0.319 e. The van der Waals surface area contributed by atoms with Crippen molar-refractivity contribution < 1.29 is 4.79 Å². The average molecular weight is 233 g/mol. The molecule has 1 aromatic carbocycles. The maximum absolute atomic E-state index is 11.2. The predicted molar refractivity (Wildman–Crippen MR) is 59.2 cm³/mol. The van der Waals surface area contributed by atoms with Crippen LogP contribution in [0.4, 0.5) is 10.5 Å². The Kier molecular flexibility index (Phi) is 4.04. The zero-order valence-electron chi connectivity index (χ0n) is 7.60. The number of nitrogens with one attached hydrogen (secondary N) is 2. The second-order valence-corrected chi connectivity index (χ2v) is 3.45. The number of benzene rings is 1. The van der Waals surface area contributed by atoms with E-state index in [0.717, 1.165) is 0 Å². The van der Waals surface area contributed by atoms with Crippen molar-refractivity contribution in [3.05, 3.63) is 28.2 Å².